The number of nitrogens with zero attached hydrogens (tertiary/aromatic N) is 1. The highest BCUT2D eigenvalue weighted by atomic mass is 127. The van der Waals surface area contributed by atoms with Gasteiger partial charge in [0, 0.05) is 39.5 Å². The van der Waals surface area contributed by atoms with Gasteiger partial charge in [-0.1, -0.05) is 24.3 Å². The van der Waals surface area contributed by atoms with Crippen LogP contribution < -0.4 is 10.6 Å². The van der Waals surface area contributed by atoms with E-state index in [1.165, 1.54) is 11.1 Å². The van der Waals surface area contributed by atoms with Gasteiger partial charge in [-0.25, -0.2) is 4.99 Å². The van der Waals surface area contributed by atoms with Crippen LogP contribution in [0.3, 0.4) is 0 Å². The molecular formula is C21H36IN3O3. The molecule has 160 valence electrons. The molecule has 1 aromatic rings. The van der Waals surface area contributed by atoms with Crippen molar-refractivity contribution in [2.45, 2.75) is 52.4 Å². The lowest BCUT2D eigenvalue weighted by Gasteiger charge is -2.22. The summed E-state index contributed by atoms with van der Waals surface area (Å²) >= 11 is 0. The van der Waals surface area contributed by atoms with Crippen molar-refractivity contribution < 1.29 is 14.2 Å². The van der Waals surface area contributed by atoms with E-state index in [1.807, 2.05) is 6.92 Å². The summed E-state index contributed by atoms with van der Waals surface area (Å²) in [6.45, 7) is 10.3. The SMILES string of the molecule is CCNC(=NCc1ccc(COC2CCOCC2)cc1)NCCCOCC.I. The molecule has 0 atom stereocenters. The van der Waals surface area contributed by atoms with Gasteiger partial charge in [-0.2, -0.15) is 0 Å². The van der Waals surface area contributed by atoms with Crippen LogP contribution in [0.4, 0.5) is 0 Å². The maximum Gasteiger partial charge on any atom is 0.191 e. The molecule has 0 radical (unpaired) electrons. The number of halogens is 1. The number of hydrogen-bond donors (Lipinski definition) is 2. The van der Waals surface area contributed by atoms with Crippen molar-refractivity contribution in [3.05, 3.63) is 35.4 Å². The van der Waals surface area contributed by atoms with Crippen LogP contribution >= 0.6 is 24.0 Å². The molecule has 7 heteroatoms. The zero-order valence-corrected chi connectivity index (χ0v) is 19.6. The van der Waals surface area contributed by atoms with Gasteiger partial charge in [0.05, 0.1) is 19.3 Å². The van der Waals surface area contributed by atoms with Gasteiger partial charge in [-0.05, 0) is 44.2 Å². The van der Waals surface area contributed by atoms with Gasteiger partial charge in [0.2, 0.25) is 0 Å². The summed E-state index contributed by atoms with van der Waals surface area (Å²) in [5.41, 5.74) is 2.39. The Morgan fingerprint density at radius 2 is 1.82 bits per heavy atom. The fourth-order valence-electron chi connectivity index (χ4n) is 2.84. The minimum Gasteiger partial charge on any atom is -0.382 e. The molecule has 0 bridgehead atoms. The third-order valence-electron chi connectivity index (χ3n) is 4.40. The van der Waals surface area contributed by atoms with Gasteiger partial charge in [-0.3, -0.25) is 0 Å². The second-order valence-electron chi connectivity index (χ2n) is 6.61. The van der Waals surface area contributed by atoms with E-state index in [0.717, 1.165) is 64.7 Å². The van der Waals surface area contributed by atoms with Crippen molar-refractivity contribution in [3.63, 3.8) is 0 Å². The van der Waals surface area contributed by atoms with Crippen molar-refractivity contribution in [2.24, 2.45) is 4.99 Å². The van der Waals surface area contributed by atoms with Crippen molar-refractivity contribution in [1.29, 1.82) is 0 Å². The third kappa shape index (κ3) is 10.6. The van der Waals surface area contributed by atoms with Crippen LogP contribution in [0.1, 0.15) is 44.2 Å². The number of rotatable bonds is 11. The monoisotopic (exact) mass is 505 g/mol. The van der Waals surface area contributed by atoms with E-state index in [1.54, 1.807) is 0 Å². The highest BCUT2D eigenvalue weighted by molar-refractivity contribution is 14.0. The predicted molar refractivity (Wildman–Crippen MR) is 124 cm³/mol. The maximum atomic E-state index is 5.97. The zero-order valence-electron chi connectivity index (χ0n) is 17.2. The Hall–Kier alpha value is -0.900. The molecule has 28 heavy (non-hydrogen) atoms. The van der Waals surface area contributed by atoms with Crippen molar-refractivity contribution >= 4 is 29.9 Å². The largest absolute Gasteiger partial charge is 0.382 e. The third-order valence-corrected chi connectivity index (χ3v) is 4.40. The fourth-order valence-corrected chi connectivity index (χ4v) is 2.84. The van der Waals surface area contributed by atoms with Gasteiger partial charge in [0.15, 0.2) is 5.96 Å². The first-order chi connectivity index (χ1) is 13.3. The van der Waals surface area contributed by atoms with E-state index in [2.05, 4.69) is 46.8 Å². The van der Waals surface area contributed by atoms with Crippen molar-refractivity contribution in [2.75, 3.05) is 39.5 Å². The fraction of sp³-hybridized carbons (Fsp3) is 0.667. The predicted octanol–water partition coefficient (Wildman–Crippen LogP) is 3.48. The molecule has 1 aromatic carbocycles. The average molecular weight is 505 g/mol. The number of aliphatic imine (C=N–C) groups is 1. The first-order valence-electron chi connectivity index (χ1n) is 10.2. The number of ether oxygens (including phenoxy) is 3. The normalized spacial score (nSPS) is 15.1. The molecule has 0 saturated carbocycles. The van der Waals surface area contributed by atoms with Crippen LogP contribution in [-0.2, 0) is 27.4 Å². The molecule has 0 spiro atoms. The second-order valence-corrected chi connectivity index (χ2v) is 6.61. The van der Waals surface area contributed by atoms with E-state index in [0.29, 0.717) is 19.3 Å². The van der Waals surface area contributed by atoms with Gasteiger partial charge >= 0.3 is 0 Å². The summed E-state index contributed by atoms with van der Waals surface area (Å²) in [6.07, 6.45) is 3.30. The molecule has 6 nitrogen and oxygen atoms in total. The molecule has 1 heterocycles. The Kier molecular flexibility index (Phi) is 14.3. The van der Waals surface area contributed by atoms with Crippen molar-refractivity contribution in [3.8, 4) is 0 Å². The van der Waals surface area contributed by atoms with Gasteiger partial charge < -0.3 is 24.8 Å². The molecule has 1 aliphatic rings. The first-order valence-corrected chi connectivity index (χ1v) is 10.2. The first kappa shape index (κ1) is 25.1. The summed E-state index contributed by atoms with van der Waals surface area (Å²) in [6, 6.07) is 8.52. The molecule has 2 rings (SSSR count). The van der Waals surface area contributed by atoms with Crippen LogP contribution in [0.25, 0.3) is 0 Å². The highest BCUT2D eigenvalue weighted by Gasteiger charge is 2.13. The Bertz CT molecular complexity index is 534. The quantitative estimate of drug-likeness (QED) is 0.209. The summed E-state index contributed by atoms with van der Waals surface area (Å²) in [7, 11) is 0. The topological polar surface area (TPSA) is 64.1 Å². The molecule has 0 aromatic heterocycles. The van der Waals surface area contributed by atoms with E-state index in [4.69, 9.17) is 14.2 Å². The van der Waals surface area contributed by atoms with Crippen LogP contribution in [-0.4, -0.2) is 51.6 Å². The van der Waals surface area contributed by atoms with Gasteiger partial charge in [0.1, 0.15) is 0 Å². The second kappa shape index (κ2) is 16.0. The van der Waals surface area contributed by atoms with Gasteiger partial charge in [0.25, 0.3) is 0 Å². The van der Waals surface area contributed by atoms with Crippen LogP contribution in [0.2, 0.25) is 0 Å². The van der Waals surface area contributed by atoms with E-state index >= 15 is 0 Å². The molecule has 1 aliphatic heterocycles. The Morgan fingerprint density at radius 1 is 1.11 bits per heavy atom. The lowest BCUT2D eigenvalue weighted by Crippen LogP contribution is -2.38. The summed E-state index contributed by atoms with van der Waals surface area (Å²) in [4.78, 5) is 4.66. The Labute approximate surface area is 186 Å². The summed E-state index contributed by atoms with van der Waals surface area (Å²) in [5, 5.41) is 6.63. The Morgan fingerprint density at radius 3 is 2.50 bits per heavy atom. The number of nitrogens with one attached hydrogen (secondary N) is 2. The Balaban J connectivity index is 0.00000392. The minimum atomic E-state index is 0. The highest BCUT2D eigenvalue weighted by Crippen LogP contribution is 2.14. The minimum absolute atomic E-state index is 0. The van der Waals surface area contributed by atoms with Crippen molar-refractivity contribution in [1.82, 2.24) is 10.6 Å². The summed E-state index contributed by atoms with van der Waals surface area (Å²) in [5.74, 6) is 0.848. The number of hydrogen-bond acceptors (Lipinski definition) is 4. The van der Waals surface area contributed by atoms with Gasteiger partial charge in [-0.15, -0.1) is 24.0 Å². The van der Waals surface area contributed by atoms with Crippen LogP contribution in [0.5, 0.6) is 0 Å². The molecular weight excluding hydrogens is 469 g/mol. The van der Waals surface area contributed by atoms with Crippen LogP contribution in [0, 0.1) is 0 Å². The molecule has 0 unspecified atom stereocenters. The zero-order chi connectivity index (χ0) is 19.2. The van der Waals surface area contributed by atoms with E-state index < -0.39 is 0 Å². The summed E-state index contributed by atoms with van der Waals surface area (Å²) < 4.78 is 16.7. The number of guanidine groups is 1. The molecule has 0 amide bonds. The molecule has 2 N–H and O–H groups in total. The van der Waals surface area contributed by atoms with Crippen LogP contribution in [0.15, 0.2) is 29.3 Å². The standard InChI is InChI=1S/C21H35N3O3.HI/c1-3-22-21(23-12-5-13-25-4-2)24-16-18-6-8-19(9-7-18)17-27-20-10-14-26-15-11-20;/h6-9,20H,3-5,10-17H2,1-2H3,(H2,22,23,24);1H. The lowest BCUT2D eigenvalue weighted by molar-refractivity contribution is -0.0390. The maximum absolute atomic E-state index is 5.97. The van der Waals surface area contributed by atoms with E-state index in [9.17, 15) is 0 Å². The average Bonchev–Trinajstić information content (AvgIpc) is 2.72. The molecule has 0 aliphatic carbocycles. The molecule has 1 saturated heterocycles. The number of benzene rings is 1. The lowest BCUT2D eigenvalue weighted by atomic mass is 10.1. The smallest absolute Gasteiger partial charge is 0.191 e. The molecule has 1 fully saturated rings. The van der Waals surface area contributed by atoms with E-state index in [-0.39, 0.29) is 24.0 Å².